The highest BCUT2D eigenvalue weighted by molar-refractivity contribution is 5.77. The smallest absolute Gasteiger partial charge is 0.257 e. The molecule has 5 heteroatoms. The van der Waals surface area contributed by atoms with Gasteiger partial charge in [-0.05, 0) is 24.5 Å². The highest BCUT2D eigenvalue weighted by Crippen LogP contribution is 2.25. The molecule has 1 rings (SSSR count). The first-order valence-corrected chi connectivity index (χ1v) is 7.23. The fourth-order valence-electron chi connectivity index (χ4n) is 1.65. The fraction of sp³-hybridized carbons (Fsp3) is 0.562. The van der Waals surface area contributed by atoms with Gasteiger partial charge in [-0.3, -0.25) is 4.79 Å². The van der Waals surface area contributed by atoms with Gasteiger partial charge in [0.05, 0.1) is 7.11 Å². The second-order valence-corrected chi connectivity index (χ2v) is 5.11. The highest BCUT2D eigenvalue weighted by atomic mass is 16.5. The molecule has 0 aliphatic carbocycles. The summed E-state index contributed by atoms with van der Waals surface area (Å²) in [4.78, 5) is 11.6. The van der Waals surface area contributed by atoms with Crippen molar-refractivity contribution in [3.63, 3.8) is 0 Å². The number of carbonyl (C=O) groups excluding carboxylic acids is 1. The summed E-state index contributed by atoms with van der Waals surface area (Å²) in [5.41, 5.74) is 0. The van der Waals surface area contributed by atoms with Gasteiger partial charge in [0.2, 0.25) is 0 Å². The van der Waals surface area contributed by atoms with E-state index in [-0.39, 0.29) is 12.5 Å². The van der Waals surface area contributed by atoms with E-state index in [4.69, 9.17) is 14.2 Å². The normalized spacial score (nSPS) is 10.5. The van der Waals surface area contributed by atoms with Gasteiger partial charge in [0, 0.05) is 19.8 Å². The van der Waals surface area contributed by atoms with Crippen LogP contribution in [0.1, 0.15) is 20.3 Å². The molecule has 5 nitrogen and oxygen atoms in total. The molecular weight excluding hydrogens is 270 g/mol. The first-order valence-electron chi connectivity index (χ1n) is 7.23. The summed E-state index contributed by atoms with van der Waals surface area (Å²) < 4.78 is 16.0. The second kappa shape index (κ2) is 10.0. The van der Waals surface area contributed by atoms with Gasteiger partial charge in [0.25, 0.3) is 5.91 Å². The van der Waals surface area contributed by atoms with Gasteiger partial charge in [-0.15, -0.1) is 0 Å². The zero-order valence-electron chi connectivity index (χ0n) is 13.1. The lowest BCUT2D eigenvalue weighted by molar-refractivity contribution is -0.123. The SMILES string of the molecule is COc1ccccc1OCC(=O)NCCCOCC(C)C. The quantitative estimate of drug-likeness (QED) is 0.673. The Kier molecular flexibility index (Phi) is 8.28. The maximum Gasteiger partial charge on any atom is 0.257 e. The summed E-state index contributed by atoms with van der Waals surface area (Å²) in [5, 5.41) is 2.79. The topological polar surface area (TPSA) is 56.8 Å². The summed E-state index contributed by atoms with van der Waals surface area (Å²) in [6.07, 6.45) is 0.799. The zero-order valence-corrected chi connectivity index (χ0v) is 13.1. The van der Waals surface area contributed by atoms with E-state index in [2.05, 4.69) is 19.2 Å². The van der Waals surface area contributed by atoms with E-state index >= 15 is 0 Å². The zero-order chi connectivity index (χ0) is 15.5. The third-order valence-corrected chi connectivity index (χ3v) is 2.67. The van der Waals surface area contributed by atoms with Crippen LogP contribution in [-0.4, -0.2) is 39.4 Å². The van der Waals surface area contributed by atoms with Crippen LogP contribution in [0.25, 0.3) is 0 Å². The van der Waals surface area contributed by atoms with Crippen LogP contribution in [0.2, 0.25) is 0 Å². The Balaban J connectivity index is 2.14. The highest BCUT2D eigenvalue weighted by Gasteiger charge is 2.06. The van der Waals surface area contributed by atoms with Crippen LogP contribution in [0.4, 0.5) is 0 Å². The second-order valence-electron chi connectivity index (χ2n) is 5.11. The number of benzene rings is 1. The Morgan fingerprint density at radius 3 is 2.62 bits per heavy atom. The summed E-state index contributed by atoms with van der Waals surface area (Å²) >= 11 is 0. The van der Waals surface area contributed by atoms with Crippen molar-refractivity contribution >= 4 is 5.91 Å². The molecule has 1 amide bonds. The molecule has 0 aliphatic heterocycles. The molecule has 0 radical (unpaired) electrons. The lowest BCUT2D eigenvalue weighted by atomic mass is 10.2. The molecule has 21 heavy (non-hydrogen) atoms. The molecule has 0 saturated heterocycles. The van der Waals surface area contributed by atoms with Crippen molar-refractivity contribution in [3.05, 3.63) is 24.3 Å². The van der Waals surface area contributed by atoms with Crippen LogP contribution in [-0.2, 0) is 9.53 Å². The number of hydrogen-bond acceptors (Lipinski definition) is 4. The molecule has 1 aromatic carbocycles. The van der Waals surface area contributed by atoms with E-state index in [1.165, 1.54) is 0 Å². The predicted molar refractivity (Wildman–Crippen MR) is 81.8 cm³/mol. The number of hydrogen-bond donors (Lipinski definition) is 1. The monoisotopic (exact) mass is 295 g/mol. The van der Waals surface area contributed by atoms with Gasteiger partial charge in [-0.2, -0.15) is 0 Å². The molecular formula is C16H25NO4. The Morgan fingerprint density at radius 1 is 1.24 bits per heavy atom. The van der Waals surface area contributed by atoms with Crippen molar-refractivity contribution in [2.75, 3.05) is 33.5 Å². The largest absolute Gasteiger partial charge is 0.493 e. The van der Waals surface area contributed by atoms with E-state index in [0.717, 1.165) is 13.0 Å². The first-order chi connectivity index (χ1) is 10.1. The Hall–Kier alpha value is -1.75. The lowest BCUT2D eigenvalue weighted by Crippen LogP contribution is -2.30. The Morgan fingerprint density at radius 2 is 1.95 bits per heavy atom. The van der Waals surface area contributed by atoms with Gasteiger partial charge >= 0.3 is 0 Å². The van der Waals surface area contributed by atoms with Crippen LogP contribution < -0.4 is 14.8 Å². The van der Waals surface area contributed by atoms with E-state index in [0.29, 0.717) is 30.6 Å². The summed E-state index contributed by atoms with van der Waals surface area (Å²) in [6, 6.07) is 7.25. The molecule has 0 saturated carbocycles. The standard InChI is InChI=1S/C16H25NO4/c1-13(2)11-20-10-6-9-17-16(18)12-21-15-8-5-4-7-14(15)19-3/h4-5,7-8,13H,6,9-12H2,1-3H3,(H,17,18). The fourth-order valence-corrected chi connectivity index (χ4v) is 1.65. The minimum atomic E-state index is -0.148. The molecule has 0 spiro atoms. The molecule has 1 aromatic rings. The summed E-state index contributed by atoms with van der Waals surface area (Å²) in [5.74, 6) is 1.57. The number of nitrogens with one attached hydrogen (secondary N) is 1. The molecule has 0 aliphatic rings. The molecule has 0 aromatic heterocycles. The van der Waals surface area contributed by atoms with Crippen molar-refractivity contribution in [1.82, 2.24) is 5.32 Å². The average molecular weight is 295 g/mol. The summed E-state index contributed by atoms with van der Waals surface area (Å²) in [7, 11) is 1.57. The molecule has 0 bridgehead atoms. The van der Waals surface area contributed by atoms with Crippen molar-refractivity contribution in [1.29, 1.82) is 0 Å². The maximum absolute atomic E-state index is 11.6. The van der Waals surface area contributed by atoms with Crippen molar-refractivity contribution in [2.24, 2.45) is 5.92 Å². The van der Waals surface area contributed by atoms with Crippen molar-refractivity contribution in [2.45, 2.75) is 20.3 Å². The van der Waals surface area contributed by atoms with Gasteiger partial charge in [-0.1, -0.05) is 26.0 Å². The number of amides is 1. The van der Waals surface area contributed by atoms with Crippen molar-refractivity contribution < 1.29 is 19.0 Å². The minimum absolute atomic E-state index is 0.0206. The van der Waals surface area contributed by atoms with Gasteiger partial charge in [0.15, 0.2) is 18.1 Å². The Labute approximate surface area is 126 Å². The maximum atomic E-state index is 11.6. The molecule has 0 fully saturated rings. The molecule has 0 unspecified atom stereocenters. The van der Waals surface area contributed by atoms with Crippen LogP contribution in [0.3, 0.4) is 0 Å². The molecule has 0 heterocycles. The molecule has 0 atom stereocenters. The number of rotatable bonds is 10. The van der Waals surface area contributed by atoms with Crippen molar-refractivity contribution in [3.8, 4) is 11.5 Å². The average Bonchev–Trinajstić information content (AvgIpc) is 2.48. The number of ether oxygens (including phenoxy) is 3. The molecule has 118 valence electrons. The third kappa shape index (κ3) is 7.56. The third-order valence-electron chi connectivity index (χ3n) is 2.67. The van der Waals surface area contributed by atoms with Gasteiger partial charge in [0.1, 0.15) is 0 Å². The van der Waals surface area contributed by atoms with E-state index in [1.807, 2.05) is 12.1 Å². The van der Waals surface area contributed by atoms with E-state index < -0.39 is 0 Å². The number of methoxy groups -OCH3 is 1. The lowest BCUT2D eigenvalue weighted by Gasteiger charge is -2.10. The van der Waals surface area contributed by atoms with Crippen LogP contribution >= 0.6 is 0 Å². The Bertz CT molecular complexity index is 420. The molecule has 1 N–H and O–H groups in total. The summed E-state index contributed by atoms with van der Waals surface area (Å²) in [6.45, 7) is 6.20. The minimum Gasteiger partial charge on any atom is -0.493 e. The van der Waals surface area contributed by atoms with Crippen LogP contribution in [0, 0.1) is 5.92 Å². The first kappa shape index (κ1) is 17.3. The van der Waals surface area contributed by atoms with Crippen LogP contribution in [0.15, 0.2) is 24.3 Å². The predicted octanol–water partition coefficient (Wildman–Crippen LogP) is 2.25. The van der Waals surface area contributed by atoms with Gasteiger partial charge in [-0.25, -0.2) is 0 Å². The number of para-hydroxylation sites is 2. The van der Waals surface area contributed by atoms with E-state index in [9.17, 15) is 4.79 Å². The van der Waals surface area contributed by atoms with Gasteiger partial charge < -0.3 is 19.5 Å². The number of carbonyl (C=O) groups is 1. The van der Waals surface area contributed by atoms with Crippen LogP contribution in [0.5, 0.6) is 11.5 Å². The van der Waals surface area contributed by atoms with E-state index in [1.54, 1.807) is 19.2 Å².